The van der Waals surface area contributed by atoms with Crippen LogP contribution in [-0.4, -0.2) is 0 Å². The van der Waals surface area contributed by atoms with Crippen molar-refractivity contribution in [2.45, 2.75) is 65.2 Å². The molecule has 18 heavy (non-hydrogen) atoms. The zero-order valence-electron chi connectivity index (χ0n) is 12.3. The van der Waals surface area contributed by atoms with E-state index in [2.05, 4.69) is 13.8 Å². The van der Waals surface area contributed by atoms with Gasteiger partial charge in [0.1, 0.15) is 0 Å². The van der Waals surface area contributed by atoms with Gasteiger partial charge in [-0.2, -0.15) is 0 Å². The van der Waals surface area contributed by atoms with Gasteiger partial charge >= 0.3 is 0 Å². The first-order valence-corrected chi connectivity index (χ1v) is 8.85. The summed E-state index contributed by atoms with van der Waals surface area (Å²) >= 11 is 0. The van der Waals surface area contributed by atoms with Gasteiger partial charge in [-0.15, -0.1) is 0 Å². The van der Waals surface area contributed by atoms with E-state index in [0.29, 0.717) is 0 Å². The van der Waals surface area contributed by atoms with Crippen LogP contribution in [-0.2, 0) is 0 Å². The first-order chi connectivity index (χ1) is 8.85. The fourth-order valence-electron chi connectivity index (χ4n) is 7.28. The van der Waals surface area contributed by atoms with E-state index in [-0.39, 0.29) is 0 Å². The van der Waals surface area contributed by atoms with Crippen molar-refractivity contribution in [3.05, 3.63) is 0 Å². The molecule has 0 heterocycles. The Hall–Kier alpha value is 0. The molecular weight excluding hydrogens is 216 g/mol. The van der Waals surface area contributed by atoms with E-state index in [1.807, 2.05) is 0 Å². The molecule has 0 aromatic rings. The first-order valence-electron chi connectivity index (χ1n) is 8.85. The third kappa shape index (κ3) is 1.38. The Bertz CT molecular complexity index is 292. The van der Waals surface area contributed by atoms with Crippen molar-refractivity contribution in [3.63, 3.8) is 0 Å². The van der Waals surface area contributed by atoms with Gasteiger partial charge in [0.15, 0.2) is 0 Å². The predicted octanol–water partition coefficient (Wildman–Crippen LogP) is 5.13. The average molecular weight is 246 g/mol. The van der Waals surface area contributed by atoms with Crippen molar-refractivity contribution in [1.82, 2.24) is 0 Å². The van der Waals surface area contributed by atoms with Crippen LogP contribution < -0.4 is 0 Å². The predicted molar refractivity (Wildman–Crippen MR) is 76.2 cm³/mol. The normalized spacial score (nSPS) is 58.3. The highest BCUT2D eigenvalue weighted by molar-refractivity contribution is 5.14. The number of hydrogen-bond donors (Lipinski definition) is 0. The van der Waals surface area contributed by atoms with Gasteiger partial charge in [-0.1, -0.05) is 26.7 Å². The van der Waals surface area contributed by atoms with Crippen molar-refractivity contribution in [2.75, 3.05) is 0 Å². The van der Waals surface area contributed by atoms with Gasteiger partial charge in [0.25, 0.3) is 0 Å². The van der Waals surface area contributed by atoms with Crippen molar-refractivity contribution in [3.8, 4) is 0 Å². The summed E-state index contributed by atoms with van der Waals surface area (Å²) in [4.78, 5) is 0. The molecule has 5 fully saturated rings. The fourth-order valence-corrected chi connectivity index (χ4v) is 7.28. The highest BCUT2D eigenvalue weighted by Crippen LogP contribution is 2.72. The zero-order chi connectivity index (χ0) is 12.3. The van der Waals surface area contributed by atoms with Crippen LogP contribution >= 0.6 is 0 Å². The molecule has 0 saturated heterocycles. The Labute approximate surface area is 113 Å². The van der Waals surface area contributed by atoms with Crippen LogP contribution in [0, 0.1) is 47.3 Å². The molecule has 0 aromatic heterocycles. The maximum absolute atomic E-state index is 2.12. The highest BCUT2D eigenvalue weighted by Gasteiger charge is 2.65. The van der Waals surface area contributed by atoms with Crippen LogP contribution in [0.25, 0.3) is 0 Å². The van der Waals surface area contributed by atoms with E-state index in [0.717, 1.165) is 0 Å². The minimum absolute atomic E-state index is 1.21. The molecule has 102 valence electrons. The molecule has 8 atom stereocenters. The lowest BCUT2D eigenvalue weighted by Gasteiger charge is -2.40. The van der Waals surface area contributed by atoms with Crippen LogP contribution in [0.3, 0.4) is 0 Å². The molecule has 5 aliphatic carbocycles. The zero-order valence-corrected chi connectivity index (χ0v) is 12.3. The molecule has 0 radical (unpaired) electrons. The summed E-state index contributed by atoms with van der Waals surface area (Å²) in [5.74, 6) is 9.78. The van der Waals surface area contributed by atoms with E-state index >= 15 is 0 Å². The van der Waals surface area contributed by atoms with Crippen molar-refractivity contribution >= 4 is 0 Å². The van der Waals surface area contributed by atoms with Crippen LogP contribution in [0.4, 0.5) is 0 Å². The summed E-state index contributed by atoms with van der Waals surface area (Å²) in [5.41, 5.74) is 0. The summed E-state index contributed by atoms with van der Waals surface area (Å²) in [5, 5.41) is 0. The Balaban J connectivity index is 0.000000272. The maximum atomic E-state index is 2.12. The Morgan fingerprint density at radius 3 is 1.67 bits per heavy atom. The van der Waals surface area contributed by atoms with Crippen molar-refractivity contribution < 1.29 is 0 Å². The molecule has 4 bridgehead atoms. The quantitative estimate of drug-likeness (QED) is 0.520. The molecule has 0 N–H and O–H groups in total. The van der Waals surface area contributed by atoms with Gasteiger partial charge in [0.2, 0.25) is 0 Å². The second-order valence-electron chi connectivity index (χ2n) is 8.02. The van der Waals surface area contributed by atoms with Crippen LogP contribution in [0.2, 0.25) is 0 Å². The van der Waals surface area contributed by atoms with Gasteiger partial charge in [-0.3, -0.25) is 0 Å². The largest absolute Gasteiger partial charge is 0.0656 e. The van der Waals surface area contributed by atoms with E-state index in [1.165, 1.54) is 53.8 Å². The third-order valence-electron chi connectivity index (χ3n) is 7.30. The molecule has 5 rings (SSSR count). The van der Waals surface area contributed by atoms with Crippen molar-refractivity contribution in [2.24, 2.45) is 47.3 Å². The Morgan fingerprint density at radius 1 is 0.667 bits per heavy atom. The summed E-state index contributed by atoms with van der Waals surface area (Å²) in [6.07, 6.45) is 12.6. The average Bonchev–Trinajstić information content (AvgIpc) is 3.14. The second kappa shape index (κ2) is 4.25. The first kappa shape index (κ1) is 11.8. The van der Waals surface area contributed by atoms with E-state index in [1.54, 1.807) is 44.9 Å². The minimum Gasteiger partial charge on any atom is -0.0656 e. The van der Waals surface area contributed by atoms with Crippen molar-refractivity contribution in [1.29, 1.82) is 0 Å². The molecule has 5 aliphatic rings. The van der Waals surface area contributed by atoms with E-state index in [9.17, 15) is 0 Å². The fraction of sp³-hybridized carbons (Fsp3) is 1.00. The maximum Gasteiger partial charge on any atom is -0.0321 e. The lowest BCUT2D eigenvalue weighted by atomic mass is 9.64. The van der Waals surface area contributed by atoms with Gasteiger partial charge in [0, 0.05) is 0 Å². The molecule has 0 spiro atoms. The highest BCUT2D eigenvalue weighted by atomic mass is 14.7. The topological polar surface area (TPSA) is 0 Å². The van der Waals surface area contributed by atoms with Crippen LogP contribution in [0.15, 0.2) is 0 Å². The summed E-state index contributed by atoms with van der Waals surface area (Å²) in [6.45, 7) is 4.25. The molecule has 0 aliphatic heterocycles. The second-order valence-corrected chi connectivity index (χ2v) is 8.02. The molecular formula is C18H30. The number of rotatable bonds is 0. The van der Waals surface area contributed by atoms with Gasteiger partial charge in [-0.05, 0) is 85.9 Å². The molecule has 0 amide bonds. The van der Waals surface area contributed by atoms with E-state index < -0.39 is 0 Å². The van der Waals surface area contributed by atoms with Crippen LogP contribution in [0.1, 0.15) is 65.2 Å². The Morgan fingerprint density at radius 2 is 1.17 bits per heavy atom. The summed E-state index contributed by atoms with van der Waals surface area (Å²) in [7, 11) is 0. The van der Waals surface area contributed by atoms with Gasteiger partial charge in [-0.25, -0.2) is 0 Å². The molecule has 0 nitrogen and oxygen atoms in total. The van der Waals surface area contributed by atoms with Crippen LogP contribution in [0.5, 0.6) is 0 Å². The van der Waals surface area contributed by atoms with Gasteiger partial charge in [0.05, 0.1) is 0 Å². The minimum atomic E-state index is 1.21. The summed E-state index contributed by atoms with van der Waals surface area (Å²) in [6, 6.07) is 0. The molecule has 0 heteroatoms. The summed E-state index contributed by atoms with van der Waals surface area (Å²) < 4.78 is 0. The number of hydrogen-bond acceptors (Lipinski definition) is 0. The standard InChI is InChI=1S/C15H22.C3H8/c1-2-10-11(3-1)13-7-12(10)14-8-4-5-9(6-8)15(13)14;1-3-2/h8-15H,1-7H2;3H2,1-2H3. The number of fused-ring (bicyclic) bond motifs is 12. The monoisotopic (exact) mass is 246 g/mol. The molecule has 8 unspecified atom stereocenters. The Kier molecular flexibility index (Phi) is 2.79. The SMILES string of the molecule is C1CC2C(C1)C1CC2C2C3CCC(C3)C12.CCC. The van der Waals surface area contributed by atoms with Gasteiger partial charge < -0.3 is 0 Å². The smallest absolute Gasteiger partial charge is 0.0321 e. The molecule has 5 saturated carbocycles. The lowest BCUT2D eigenvalue weighted by molar-refractivity contribution is 0.0716. The lowest BCUT2D eigenvalue weighted by Crippen LogP contribution is -2.35. The van der Waals surface area contributed by atoms with E-state index in [4.69, 9.17) is 0 Å². The molecule has 0 aromatic carbocycles. The third-order valence-corrected chi connectivity index (χ3v) is 7.30.